The summed E-state index contributed by atoms with van der Waals surface area (Å²) in [4.78, 5) is 31.5. The molecule has 3 heterocycles. The van der Waals surface area contributed by atoms with Crippen LogP contribution in [0.5, 0.6) is 5.75 Å². The summed E-state index contributed by atoms with van der Waals surface area (Å²) in [6, 6.07) is 7.69. The maximum Gasteiger partial charge on any atom is 0.245 e. The predicted octanol–water partition coefficient (Wildman–Crippen LogP) is -1.88. The lowest BCUT2D eigenvalue weighted by molar-refractivity contribution is -0.915. The molecule has 0 spiro atoms. The highest BCUT2D eigenvalue weighted by molar-refractivity contribution is 6.10. The van der Waals surface area contributed by atoms with Crippen molar-refractivity contribution in [2.45, 2.75) is 19.3 Å². The summed E-state index contributed by atoms with van der Waals surface area (Å²) in [6.07, 6.45) is 0. The Bertz CT molecular complexity index is 774. The first-order valence-electron chi connectivity index (χ1n) is 11.5. The Morgan fingerprint density at radius 3 is 2.16 bits per heavy atom. The summed E-state index contributed by atoms with van der Waals surface area (Å²) in [6.45, 7) is 11.7. The van der Waals surface area contributed by atoms with E-state index in [9.17, 15) is 9.59 Å². The molecule has 0 unspecified atom stereocenters. The third-order valence-corrected chi connectivity index (χ3v) is 6.99. The van der Waals surface area contributed by atoms with Gasteiger partial charge in [-0.05, 0) is 31.5 Å². The number of benzene rings is 1. The van der Waals surface area contributed by atoms with Crippen LogP contribution < -0.4 is 14.5 Å². The standard InChI is InChI=1S/C23H33N3O5/c1-3-31-19-6-4-18(5-7-19)23(2)20(16-24-8-12-29-13-9-24)21(27)26(22(23)28)17-25-10-14-30-15-11-25/h4-7,20H,3,8-17H2,1-2H3/p+2/t20-,23+/m0/s1. The van der Waals surface area contributed by atoms with Gasteiger partial charge in [0.05, 0.1) is 45.0 Å². The number of carbonyl (C=O) groups is 2. The van der Waals surface area contributed by atoms with E-state index < -0.39 is 5.41 Å². The minimum atomic E-state index is -0.876. The number of imide groups is 1. The van der Waals surface area contributed by atoms with Gasteiger partial charge in [0, 0.05) is 0 Å². The van der Waals surface area contributed by atoms with E-state index in [1.807, 2.05) is 38.1 Å². The zero-order valence-corrected chi connectivity index (χ0v) is 18.7. The average Bonchev–Trinajstić information content (AvgIpc) is 2.98. The van der Waals surface area contributed by atoms with Gasteiger partial charge in [0.1, 0.15) is 37.8 Å². The molecule has 0 saturated carbocycles. The van der Waals surface area contributed by atoms with Crippen LogP contribution >= 0.6 is 0 Å². The van der Waals surface area contributed by atoms with Crippen molar-refractivity contribution < 1.29 is 33.6 Å². The second-order valence-corrected chi connectivity index (χ2v) is 8.87. The highest BCUT2D eigenvalue weighted by Gasteiger charge is 2.59. The van der Waals surface area contributed by atoms with Crippen molar-refractivity contribution in [3.8, 4) is 5.75 Å². The molecule has 0 aliphatic carbocycles. The van der Waals surface area contributed by atoms with Gasteiger partial charge in [-0.25, -0.2) is 4.90 Å². The molecule has 8 nitrogen and oxygen atoms in total. The smallest absolute Gasteiger partial charge is 0.245 e. The van der Waals surface area contributed by atoms with Crippen LogP contribution in [0.15, 0.2) is 24.3 Å². The number of carbonyl (C=O) groups excluding carboxylic acids is 2. The van der Waals surface area contributed by atoms with Gasteiger partial charge in [0.25, 0.3) is 0 Å². The molecule has 2 N–H and O–H groups in total. The summed E-state index contributed by atoms with van der Waals surface area (Å²) < 4.78 is 16.5. The highest BCUT2D eigenvalue weighted by Crippen LogP contribution is 2.40. The summed E-state index contributed by atoms with van der Waals surface area (Å²) in [5.41, 5.74) is 0.00483. The number of hydrogen-bond acceptors (Lipinski definition) is 5. The molecule has 0 aromatic heterocycles. The van der Waals surface area contributed by atoms with E-state index in [0.717, 1.165) is 37.5 Å². The maximum atomic E-state index is 13.8. The van der Waals surface area contributed by atoms with Crippen LogP contribution in [-0.4, -0.2) is 89.1 Å². The van der Waals surface area contributed by atoms with Crippen LogP contribution in [-0.2, 0) is 24.5 Å². The molecule has 3 fully saturated rings. The third kappa shape index (κ3) is 4.48. The van der Waals surface area contributed by atoms with E-state index >= 15 is 0 Å². The lowest BCUT2D eigenvalue weighted by atomic mass is 9.73. The second-order valence-electron chi connectivity index (χ2n) is 8.87. The summed E-state index contributed by atoms with van der Waals surface area (Å²) >= 11 is 0. The third-order valence-electron chi connectivity index (χ3n) is 6.99. The zero-order valence-electron chi connectivity index (χ0n) is 18.7. The van der Waals surface area contributed by atoms with Crippen molar-refractivity contribution in [2.75, 3.05) is 72.4 Å². The zero-order chi connectivity index (χ0) is 21.8. The monoisotopic (exact) mass is 433 g/mol. The van der Waals surface area contributed by atoms with Gasteiger partial charge in [-0.3, -0.25) is 9.59 Å². The molecular formula is C23H35N3O5+2. The Morgan fingerprint density at radius 1 is 1.00 bits per heavy atom. The molecule has 1 aromatic rings. The Morgan fingerprint density at radius 2 is 1.58 bits per heavy atom. The minimum Gasteiger partial charge on any atom is -0.494 e. The lowest BCUT2D eigenvalue weighted by Crippen LogP contribution is -3.15. The molecule has 0 radical (unpaired) electrons. The maximum absolute atomic E-state index is 13.8. The van der Waals surface area contributed by atoms with Crippen LogP contribution in [0, 0.1) is 5.92 Å². The molecule has 170 valence electrons. The van der Waals surface area contributed by atoms with E-state index in [0.29, 0.717) is 46.2 Å². The van der Waals surface area contributed by atoms with Crippen molar-refractivity contribution in [1.82, 2.24) is 4.90 Å². The summed E-state index contributed by atoms with van der Waals surface area (Å²) in [5, 5.41) is 0. The van der Waals surface area contributed by atoms with Gasteiger partial charge < -0.3 is 24.0 Å². The van der Waals surface area contributed by atoms with Crippen LogP contribution in [0.1, 0.15) is 19.4 Å². The van der Waals surface area contributed by atoms with Crippen LogP contribution in [0.2, 0.25) is 0 Å². The first-order valence-corrected chi connectivity index (χ1v) is 11.5. The number of rotatable bonds is 7. The number of amides is 2. The summed E-state index contributed by atoms with van der Waals surface area (Å²) in [5.74, 6) is 0.265. The second kappa shape index (κ2) is 9.65. The van der Waals surface area contributed by atoms with Gasteiger partial charge in [0.2, 0.25) is 11.8 Å². The molecule has 3 aliphatic heterocycles. The van der Waals surface area contributed by atoms with Crippen LogP contribution in [0.4, 0.5) is 0 Å². The number of nitrogens with one attached hydrogen (secondary N) is 2. The lowest BCUT2D eigenvalue weighted by Gasteiger charge is -2.32. The quantitative estimate of drug-likeness (QED) is 0.493. The van der Waals surface area contributed by atoms with Crippen LogP contribution in [0.3, 0.4) is 0 Å². The Labute approximate surface area is 184 Å². The number of quaternary nitrogens is 2. The number of likely N-dealkylation sites (tertiary alicyclic amines) is 1. The highest BCUT2D eigenvalue weighted by atomic mass is 16.5. The van der Waals surface area contributed by atoms with Gasteiger partial charge in [-0.2, -0.15) is 0 Å². The average molecular weight is 434 g/mol. The number of ether oxygens (including phenoxy) is 3. The van der Waals surface area contributed by atoms with E-state index in [-0.39, 0.29) is 17.7 Å². The van der Waals surface area contributed by atoms with E-state index in [1.54, 1.807) is 0 Å². The molecule has 4 rings (SSSR count). The Balaban J connectivity index is 1.62. The fraction of sp³-hybridized carbons (Fsp3) is 0.652. The van der Waals surface area contributed by atoms with E-state index in [4.69, 9.17) is 14.2 Å². The topological polar surface area (TPSA) is 74.0 Å². The first kappa shape index (κ1) is 22.2. The summed E-state index contributed by atoms with van der Waals surface area (Å²) in [7, 11) is 0. The number of morpholine rings is 2. The molecular weight excluding hydrogens is 398 g/mol. The van der Waals surface area contributed by atoms with Crippen molar-refractivity contribution in [3.63, 3.8) is 0 Å². The SMILES string of the molecule is CCOc1ccc([C@@]2(C)C(=O)N(C[NH+]3CCOCC3)C(=O)[C@@H]2C[NH+]2CCOCC2)cc1. The van der Waals surface area contributed by atoms with E-state index in [1.165, 1.54) is 14.7 Å². The predicted molar refractivity (Wildman–Crippen MR) is 113 cm³/mol. The number of nitrogens with zero attached hydrogens (tertiary/aromatic N) is 1. The molecule has 1 aromatic carbocycles. The van der Waals surface area contributed by atoms with Crippen LogP contribution in [0.25, 0.3) is 0 Å². The molecule has 31 heavy (non-hydrogen) atoms. The van der Waals surface area contributed by atoms with E-state index in [2.05, 4.69) is 0 Å². The number of hydrogen-bond donors (Lipinski definition) is 2. The Kier molecular flexibility index (Phi) is 6.91. The molecule has 3 aliphatic rings. The van der Waals surface area contributed by atoms with Crippen molar-refractivity contribution in [3.05, 3.63) is 29.8 Å². The molecule has 8 heteroatoms. The normalized spacial score (nSPS) is 28.3. The van der Waals surface area contributed by atoms with Crippen molar-refractivity contribution in [1.29, 1.82) is 0 Å². The largest absolute Gasteiger partial charge is 0.494 e. The van der Waals surface area contributed by atoms with Gasteiger partial charge >= 0.3 is 0 Å². The van der Waals surface area contributed by atoms with Gasteiger partial charge in [0.15, 0.2) is 6.67 Å². The van der Waals surface area contributed by atoms with Gasteiger partial charge in [-0.1, -0.05) is 12.1 Å². The molecule has 0 bridgehead atoms. The molecule has 2 atom stereocenters. The van der Waals surface area contributed by atoms with Crippen molar-refractivity contribution in [2.24, 2.45) is 5.92 Å². The fourth-order valence-corrected chi connectivity index (χ4v) is 4.99. The minimum absolute atomic E-state index is 0.0423. The van der Waals surface area contributed by atoms with Gasteiger partial charge in [-0.15, -0.1) is 0 Å². The van der Waals surface area contributed by atoms with Crippen molar-refractivity contribution >= 4 is 11.8 Å². The Hall–Kier alpha value is -2.00. The molecule has 2 amide bonds. The fourth-order valence-electron chi connectivity index (χ4n) is 4.99. The molecule has 3 saturated heterocycles. The first-order chi connectivity index (χ1) is 15.0.